The van der Waals surface area contributed by atoms with Crippen LogP contribution in [0.4, 0.5) is 10.1 Å². The molecule has 146 valence electrons. The number of Topliss-reactive ketones (excluding diaryl/α,β-unsaturated/α-hetero) is 1. The van der Waals surface area contributed by atoms with E-state index in [9.17, 15) is 19.1 Å². The summed E-state index contributed by atoms with van der Waals surface area (Å²) in [6, 6.07) is 19.1. The molecule has 4 rings (SSSR count). The van der Waals surface area contributed by atoms with Gasteiger partial charge in [0.1, 0.15) is 5.82 Å². The molecular weight excluding hydrogens is 393 g/mol. The average Bonchev–Trinajstić information content (AvgIpc) is 2.92. The smallest absolute Gasteiger partial charge is 0.264 e. The molecule has 0 saturated carbocycles. The maximum absolute atomic E-state index is 13.2. The number of rotatable bonds is 5. The summed E-state index contributed by atoms with van der Waals surface area (Å²) in [5, 5.41) is 11.6. The second-order valence-corrected chi connectivity index (χ2v) is 7.38. The molecule has 0 aromatic heterocycles. The number of nitrogens with zero attached hydrogens (tertiary/aromatic N) is 1. The number of halogens is 2. The molecule has 0 bridgehead atoms. The topological polar surface area (TPSA) is 57.6 Å². The highest BCUT2D eigenvalue weighted by molar-refractivity contribution is 6.34. The third kappa shape index (κ3) is 3.43. The number of carbonyl (C=O) groups excluding carboxylic acids is 2. The Bertz CT molecular complexity index is 1100. The summed E-state index contributed by atoms with van der Waals surface area (Å²) in [5.41, 5.74) is -0.141. The summed E-state index contributed by atoms with van der Waals surface area (Å²) in [4.78, 5) is 27.5. The molecule has 0 saturated heterocycles. The molecular formula is C23H17ClFNO3. The molecule has 0 spiro atoms. The van der Waals surface area contributed by atoms with Gasteiger partial charge in [-0.1, -0.05) is 54.1 Å². The fourth-order valence-electron chi connectivity index (χ4n) is 3.62. The quantitative estimate of drug-likeness (QED) is 0.632. The zero-order chi connectivity index (χ0) is 20.6. The Balaban J connectivity index is 1.69. The standard InChI is InChI=1S/C23H17ClFNO3/c24-19-7-3-1-5-17(19)21(27)13-23(29)18-6-2-4-8-20(18)26(22(23)28)14-15-9-11-16(25)12-10-15/h1-12,29H,13-14H2/t23-/m1/s1. The Morgan fingerprint density at radius 1 is 1.00 bits per heavy atom. The minimum absolute atomic E-state index is 0.152. The van der Waals surface area contributed by atoms with E-state index in [0.717, 1.165) is 0 Å². The first kappa shape index (κ1) is 19.3. The van der Waals surface area contributed by atoms with E-state index in [1.807, 2.05) is 0 Å². The molecule has 1 aliphatic rings. The Morgan fingerprint density at radius 2 is 1.66 bits per heavy atom. The summed E-state index contributed by atoms with van der Waals surface area (Å²) in [6.45, 7) is 0.152. The number of hydrogen-bond donors (Lipinski definition) is 1. The largest absolute Gasteiger partial charge is 0.375 e. The van der Waals surface area contributed by atoms with Gasteiger partial charge in [-0.2, -0.15) is 0 Å². The van der Waals surface area contributed by atoms with Crippen LogP contribution < -0.4 is 4.90 Å². The van der Waals surface area contributed by atoms with Gasteiger partial charge in [-0.25, -0.2) is 4.39 Å². The second kappa shape index (κ2) is 7.43. The molecule has 0 unspecified atom stereocenters. The van der Waals surface area contributed by atoms with E-state index in [1.165, 1.54) is 17.0 Å². The van der Waals surface area contributed by atoms with Crippen molar-refractivity contribution in [1.29, 1.82) is 0 Å². The van der Waals surface area contributed by atoms with E-state index in [1.54, 1.807) is 60.7 Å². The Labute approximate surface area is 172 Å². The van der Waals surface area contributed by atoms with Gasteiger partial charge in [0.2, 0.25) is 0 Å². The average molecular weight is 410 g/mol. The number of carbonyl (C=O) groups is 2. The number of aliphatic hydroxyl groups is 1. The Hall–Kier alpha value is -3.02. The van der Waals surface area contributed by atoms with Crippen LogP contribution in [-0.4, -0.2) is 16.8 Å². The minimum Gasteiger partial charge on any atom is -0.375 e. The summed E-state index contributed by atoms with van der Waals surface area (Å²) in [6.07, 6.45) is -0.424. The van der Waals surface area contributed by atoms with Crippen molar-refractivity contribution >= 4 is 29.0 Å². The number of para-hydroxylation sites is 1. The maximum Gasteiger partial charge on any atom is 0.264 e. The molecule has 6 heteroatoms. The molecule has 1 atom stereocenters. The summed E-state index contributed by atoms with van der Waals surface area (Å²) >= 11 is 6.11. The van der Waals surface area contributed by atoms with Crippen molar-refractivity contribution in [3.8, 4) is 0 Å². The minimum atomic E-state index is -1.99. The predicted octanol–water partition coefficient (Wildman–Crippen LogP) is 4.49. The molecule has 29 heavy (non-hydrogen) atoms. The zero-order valence-electron chi connectivity index (χ0n) is 15.3. The number of hydrogen-bond acceptors (Lipinski definition) is 3. The first-order chi connectivity index (χ1) is 13.9. The summed E-state index contributed by atoms with van der Waals surface area (Å²) < 4.78 is 13.2. The van der Waals surface area contributed by atoms with Crippen molar-refractivity contribution in [3.63, 3.8) is 0 Å². The normalized spacial score (nSPS) is 18.0. The van der Waals surface area contributed by atoms with Crippen LogP contribution in [0.3, 0.4) is 0 Å². The fourth-order valence-corrected chi connectivity index (χ4v) is 3.86. The van der Waals surface area contributed by atoms with Crippen molar-refractivity contribution in [1.82, 2.24) is 0 Å². The van der Waals surface area contributed by atoms with E-state index in [0.29, 0.717) is 16.8 Å². The van der Waals surface area contributed by atoms with Crippen molar-refractivity contribution in [2.75, 3.05) is 4.90 Å². The van der Waals surface area contributed by atoms with E-state index >= 15 is 0 Å². The van der Waals surface area contributed by atoms with Gasteiger partial charge in [0.25, 0.3) is 5.91 Å². The Morgan fingerprint density at radius 3 is 2.38 bits per heavy atom. The molecule has 4 nitrogen and oxygen atoms in total. The monoisotopic (exact) mass is 409 g/mol. The van der Waals surface area contributed by atoms with Gasteiger partial charge in [0, 0.05) is 11.1 Å². The fraction of sp³-hybridized carbons (Fsp3) is 0.130. The van der Waals surface area contributed by atoms with Gasteiger partial charge in [-0.05, 0) is 35.9 Å². The SMILES string of the molecule is O=C(C[C@]1(O)C(=O)N(Cc2ccc(F)cc2)c2ccccc21)c1ccccc1Cl. The van der Waals surface area contributed by atoms with Crippen LogP contribution in [-0.2, 0) is 16.9 Å². The van der Waals surface area contributed by atoms with Gasteiger partial charge in [0.15, 0.2) is 11.4 Å². The predicted molar refractivity (Wildman–Crippen MR) is 108 cm³/mol. The molecule has 1 aliphatic heterocycles. The lowest BCUT2D eigenvalue weighted by atomic mass is 9.88. The van der Waals surface area contributed by atoms with Crippen LogP contribution in [0.5, 0.6) is 0 Å². The van der Waals surface area contributed by atoms with Crippen molar-refractivity contribution in [2.45, 2.75) is 18.6 Å². The number of fused-ring (bicyclic) bond motifs is 1. The third-order valence-electron chi connectivity index (χ3n) is 5.08. The molecule has 0 radical (unpaired) electrons. The summed E-state index contributed by atoms with van der Waals surface area (Å²) in [5.74, 6) is -1.39. The van der Waals surface area contributed by atoms with Gasteiger partial charge < -0.3 is 10.0 Å². The molecule has 1 heterocycles. The highest BCUT2D eigenvalue weighted by atomic mass is 35.5. The van der Waals surface area contributed by atoms with E-state index in [2.05, 4.69) is 0 Å². The molecule has 3 aromatic rings. The number of anilines is 1. The Kier molecular flexibility index (Phi) is 4.94. The lowest BCUT2D eigenvalue weighted by Gasteiger charge is -2.23. The van der Waals surface area contributed by atoms with Crippen LogP contribution >= 0.6 is 11.6 Å². The molecule has 1 amide bonds. The maximum atomic E-state index is 13.2. The van der Waals surface area contributed by atoms with E-state index in [-0.39, 0.29) is 22.9 Å². The van der Waals surface area contributed by atoms with Gasteiger partial charge in [-0.3, -0.25) is 9.59 Å². The molecule has 3 aromatic carbocycles. The summed E-state index contributed by atoms with van der Waals surface area (Å²) in [7, 11) is 0. The van der Waals surface area contributed by atoms with Gasteiger partial charge >= 0.3 is 0 Å². The van der Waals surface area contributed by atoms with Crippen molar-refractivity contribution in [2.24, 2.45) is 0 Å². The van der Waals surface area contributed by atoms with Crippen LogP contribution in [0.15, 0.2) is 72.8 Å². The number of benzene rings is 3. The molecule has 0 fully saturated rings. The van der Waals surface area contributed by atoms with E-state index < -0.39 is 23.7 Å². The zero-order valence-corrected chi connectivity index (χ0v) is 16.1. The first-order valence-corrected chi connectivity index (χ1v) is 9.44. The second-order valence-electron chi connectivity index (χ2n) is 6.97. The lowest BCUT2D eigenvalue weighted by Crippen LogP contribution is -2.41. The molecule has 0 aliphatic carbocycles. The third-order valence-corrected chi connectivity index (χ3v) is 5.41. The number of ketones is 1. The van der Waals surface area contributed by atoms with E-state index in [4.69, 9.17) is 11.6 Å². The van der Waals surface area contributed by atoms with Crippen LogP contribution in [0.1, 0.15) is 27.9 Å². The van der Waals surface area contributed by atoms with Crippen LogP contribution in [0.2, 0.25) is 5.02 Å². The first-order valence-electron chi connectivity index (χ1n) is 9.06. The van der Waals surface area contributed by atoms with Gasteiger partial charge in [-0.15, -0.1) is 0 Å². The molecule has 1 N–H and O–H groups in total. The lowest BCUT2D eigenvalue weighted by molar-refractivity contribution is -0.136. The van der Waals surface area contributed by atoms with Crippen LogP contribution in [0.25, 0.3) is 0 Å². The van der Waals surface area contributed by atoms with Crippen molar-refractivity contribution in [3.05, 3.63) is 100 Å². The number of amides is 1. The highest BCUT2D eigenvalue weighted by Crippen LogP contribution is 2.43. The highest BCUT2D eigenvalue weighted by Gasteiger charge is 2.50. The van der Waals surface area contributed by atoms with Crippen LogP contribution in [0, 0.1) is 5.82 Å². The van der Waals surface area contributed by atoms with Crippen molar-refractivity contribution < 1.29 is 19.1 Å². The van der Waals surface area contributed by atoms with Gasteiger partial charge in [0.05, 0.1) is 23.7 Å².